The molecule has 0 saturated heterocycles. The third-order valence-corrected chi connectivity index (χ3v) is 5.43. The molecule has 0 spiro atoms. The molecule has 2 nitrogen and oxygen atoms in total. The van der Waals surface area contributed by atoms with Crippen molar-refractivity contribution in [1.29, 1.82) is 0 Å². The summed E-state index contributed by atoms with van der Waals surface area (Å²) in [5.41, 5.74) is 4.47. The fourth-order valence-electron chi connectivity index (χ4n) is 4.26. The second kappa shape index (κ2) is 6.83. The van der Waals surface area contributed by atoms with Crippen molar-refractivity contribution in [3.05, 3.63) is 29.3 Å². The van der Waals surface area contributed by atoms with Crippen molar-refractivity contribution < 1.29 is 0 Å². The molecule has 116 valence electrons. The van der Waals surface area contributed by atoms with E-state index < -0.39 is 0 Å². The van der Waals surface area contributed by atoms with E-state index in [0.29, 0.717) is 6.04 Å². The highest BCUT2D eigenvalue weighted by Gasteiger charge is 2.26. The topological polar surface area (TPSA) is 15.3 Å². The summed E-state index contributed by atoms with van der Waals surface area (Å²) in [4.78, 5) is 2.67. The van der Waals surface area contributed by atoms with Gasteiger partial charge in [-0.15, -0.1) is 0 Å². The van der Waals surface area contributed by atoms with Gasteiger partial charge in [0, 0.05) is 24.8 Å². The predicted octanol–water partition coefficient (Wildman–Crippen LogP) is 3.92. The van der Waals surface area contributed by atoms with E-state index in [9.17, 15) is 0 Å². The van der Waals surface area contributed by atoms with Gasteiger partial charge in [0.1, 0.15) is 0 Å². The molecular formula is C19H30N2. The molecule has 3 rings (SSSR count). The van der Waals surface area contributed by atoms with E-state index in [0.717, 1.165) is 5.92 Å². The van der Waals surface area contributed by atoms with Gasteiger partial charge in [0.05, 0.1) is 0 Å². The van der Waals surface area contributed by atoms with Crippen LogP contribution in [0.2, 0.25) is 0 Å². The number of benzene rings is 1. The van der Waals surface area contributed by atoms with E-state index in [2.05, 4.69) is 42.4 Å². The molecule has 1 fully saturated rings. The van der Waals surface area contributed by atoms with Crippen LogP contribution in [0.1, 0.15) is 49.7 Å². The monoisotopic (exact) mass is 286 g/mol. The van der Waals surface area contributed by atoms with Crippen LogP contribution >= 0.6 is 0 Å². The fourth-order valence-corrected chi connectivity index (χ4v) is 4.26. The normalized spacial score (nSPS) is 26.3. The molecule has 21 heavy (non-hydrogen) atoms. The number of nitrogens with one attached hydrogen (secondary N) is 1. The third-order valence-electron chi connectivity index (χ3n) is 5.43. The van der Waals surface area contributed by atoms with E-state index in [1.54, 1.807) is 5.56 Å². The second-order valence-corrected chi connectivity index (χ2v) is 6.97. The fraction of sp³-hybridized carbons (Fsp3) is 0.684. The third kappa shape index (κ3) is 3.42. The molecule has 1 aliphatic carbocycles. The van der Waals surface area contributed by atoms with E-state index in [1.807, 2.05) is 0 Å². The number of fused-ring (bicyclic) bond motifs is 1. The summed E-state index contributed by atoms with van der Waals surface area (Å²) in [6.07, 6.45) is 9.56. The molecule has 2 atom stereocenters. The lowest BCUT2D eigenvalue weighted by Gasteiger charge is -2.36. The van der Waals surface area contributed by atoms with Crippen molar-refractivity contribution in [3.63, 3.8) is 0 Å². The van der Waals surface area contributed by atoms with E-state index >= 15 is 0 Å². The zero-order valence-corrected chi connectivity index (χ0v) is 13.7. The zero-order valence-electron chi connectivity index (χ0n) is 13.7. The number of anilines is 1. The number of aryl methyl sites for hydroxylation is 2. The Kier molecular flexibility index (Phi) is 4.84. The molecule has 1 aromatic rings. The van der Waals surface area contributed by atoms with Gasteiger partial charge in [0.25, 0.3) is 0 Å². The first-order chi connectivity index (χ1) is 10.3. The number of hydrogen-bond donors (Lipinski definition) is 1. The number of rotatable bonds is 3. The second-order valence-electron chi connectivity index (χ2n) is 6.97. The minimum Gasteiger partial charge on any atom is -0.371 e. The van der Waals surface area contributed by atoms with Crippen LogP contribution in [0.3, 0.4) is 0 Å². The first-order valence-electron chi connectivity index (χ1n) is 8.79. The molecule has 1 saturated carbocycles. The highest BCUT2D eigenvalue weighted by Crippen LogP contribution is 2.31. The first-order valence-corrected chi connectivity index (χ1v) is 8.79. The van der Waals surface area contributed by atoms with E-state index in [4.69, 9.17) is 0 Å². The maximum absolute atomic E-state index is 3.59. The number of hydrogen-bond acceptors (Lipinski definition) is 2. The van der Waals surface area contributed by atoms with Gasteiger partial charge in [-0.3, -0.25) is 0 Å². The van der Waals surface area contributed by atoms with E-state index in [1.165, 1.54) is 69.3 Å². The van der Waals surface area contributed by atoms with Crippen LogP contribution in [-0.4, -0.2) is 26.2 Å². The number of nitrogens with zero attached hydrogens (tertiary/aromatic N) is 1. The van der Waals surface area contributed by atoms with Gasteiger partial charge in [0.15, 0.2) is 0 Å². The van der Waals surface area contributed by atoms with Crippen molar-refractivity contribution in [3.8, 4) is 0 Å². The lowest BCUT2D eigenvalue weighted by Crippen LogP contribution is -2.42. The molecule has 1 N–H and O–H groups in total. The van der Waals surface area contributed by atoms with Crippen molar-refractivity contribution in [2.75, 3.05) is 25.0 Å². The zero-order chi connectivity index (χ0) is 14.7. The Hall–Kier alpha value is -1.02. The Morgan fingerprint density at radius 3 is 2.86 bits per heavy atom. The summed E-state index contributed by atoms with van der Waals surface area (Å²) in [6, 6.07) is 7.74. The summed E-state index contributed by atoms with van der Waals surface area (Å²) in [5.74, 6) is 0.810. The minimum absolute atomic E-state index is 0.711. The predicted molar refractivity (Wildman–Crippen MR) is 91.1 cm³/mol. The molecule has 0 bridgehead atoms. The quantitative estimate of drug-likeness (QED) is 0.847. The van der Waals surface area contributed by atoms with Crippen LogP contribution < -0.4 is 10.2 Å². The van der Waals surface area contributed by atoms with Crippen molar-refractivity contribution in [2.45, 2.75) is 57.9 Å². The summed E-state index contributed by atoms with van der Waals surface area (Å²) in [5, 5.41) is 3.59. The largest absolute Gasteiger partial charge is 0.371 e. The van der Waals surface area contributed by atoms with Crippen LogP contribution in [-0.2, 0) is 6.42 Å². The Balaban J connectivity index is 1.75. The molecule has 0 aromatic heterocycles. The smallest absolute Gasteiger partial charge is 0.0399 e. The maximum atomic E-state index is 3.59. The van der Waals surface area contributed by atoms with Gasteiger partial charge >= 0.3 is 0 Å². The molecule has 2 unspecified atom stereocenters. The summed E-state index contributed by atoms with van der Waals surface area (Å²) < 4.78 is 0. The van der Waals surface area contributed by atoms with Gasteiger partial charge in [-0.1, -0.05) is 37.0 Å². The molecule has 1 aromatic carbocycles. The molecule has 2 heteroatoms. The van der Waals surface area contributed by atoms with Crippen molar-refractivity contribution in [2.24, 2.45) is 5.92 Å². The molecule has 1 heterocycles. The van der Waals surface area contributed by atoms with E-state index in [-0.39, 0.29) is 0 Å². The molecular weight excluding hydrogens is 256 g/mol. The van der Waals surface area contributed by atoms with Gasteiger partial charge < -0.3 is 10.2 Å². The average molecular weight is 286 g/mol. The Morgan fingerprint density at radius 1 is 1.14 bits per heavy atom. The molecule has 1 aliphatic heterocycles. The van der Waals surface area contributed by atoms with Crippen LogP contribution in [0.4, 0.5) is 5.69 Å². The van der Waals surface area contributed by atoms with Gasteiger partial charge in [0.2, 0.25) is 0 Å². The highest BCUT2D eigenvalue weighted by molar-refractivity contribution is 5.56. The van der Waals surface area contributed by atoms with Gasteiger partial charge in [-0.25, -0.2) is 0 Å². The Morgan fingerprint density at radius 2 is 2.00 bits per heavy atom. The molecule has 0 amide bonds. The summed E-state index contributed by atoms with van der Waals surface area (Å²) >= 11 is 0. The summed E-state index contributed by atoms with van der Waals surface area (Å²) in [6.45, 7) is 4.69. The summed E-state index contributed by atoms with van der Waals surface area (Å²) in [7, 11) is 2.15. The SMILES string of the molecule is CNC1CCCCCC1CN1CCCc2cc(C)ccc21. The maximum Gasteiger partial charge on any atom is 0.0399 e. The van der Waals surface area contributed by atoms with Gasteiger partial charge in [-0.2, -0.15) is 0 Å². The Labute approximate surface area is 129 Å². The van der Waals surface area contributed by atoms with Crippen LogP contribution in [0.25, 0.3) is 0 Å². The Bertz CT molecular complexity index is 469. The highest BCUT2D eigenvalue weighted by atomic mass is 15.1. The molecule has 0 radical (unpaired) electrons. The van der Waals surface area contributed by atoms with Crippen molar-refractivity contribution in [1.82, 2.24) is 5.32 Å². The lowest BCUT2D eigenvalue weighted by molar-refractivity contribution is 0.350. The average Bonchev–Trinajstić information content (AvgIpc) is 2.72. The van der Waals surface area contributed by atoms with Crippen LogP contribution in [0, 0.1) is 12.8 Å². The molecule has 2 aliphatic rings. The lowest BCUT2D eigenvalue weighted by atomic mass is 9.92. The minimum atomic E-state index is 0.711. The van der Waals surface area contributed by atoms with Gasteiger partial charge in [-0.05, 0) is 57.2 Å². The van der Waals surface area contributed by atoms with Crippen molar-refractivity contribution >= 4 is 5.69 Å². The first kappa shape index (κ1) is 14.9. The van der Waals surface area contributed by atoms with Crippen LogP contribution in [0.15, 0.2) is 18.2 Å². The standard InChI is InChI=1S/C19H30N2/c1-15-10-11-19-16(13-15)8-6-12-21(19)14-17-7-4-3-5-9-18(17)20-2/h10-11,13,17-18,20H,3-9,12,14H2,1-2H3. The van der Waals surface area contributed by atoms with Crippen LogP contribution in [0.5, 0.6) is 0 Å².